The molecular formula is C20H30O4. The van der Waals surface area contributed by atoms with Crippen LogP contribution in [0.4, 0.5) is 0 Å². The molecule has 0 bridgehead atoms. The summed E-state index contributed by atoms with van der Waals surface area (Å²) in [6.45, 7) is 1.91. The van der Waals surface area contributed by atoms with Gasteiger partial charge in [0.1, 0.15) is 0 Å². The van der Waals surface area contributed by atoms with Crippen LogP contribution in [0.1, 0.15) is 45.4 Å². The predicted octanol–water partition coefficient (Wildman–Crippen LogP) is 3.93. The van der Waals surface area contributed by atoms with Crippen LogP contribution in [0, 0.1) is 0 Å². The fourth-order valence-corrected chi connectivity index (χ4v) is 1.72. The maximum atomic E-state index is 10.3. The topological polar surface area (TPSA) is 77.8 Å². The number of unbranched alkanes of at least 4 members (excludes halogenated alkanes) is 1. The van der Waals surface area contributed by atoms with E-state index in [0.717, 1.165) is 12.8 Å². The smallest absolute Gasteiger partial charge is 0.303 e. The Bertz CT molecular complexity index is 458. The maximum absolute atomic E-state index is 10.3. The molecule has 0 heterocycles. The molecule has 0 aromatic rings. The van der Waals surface area contributed by atoms with Crippen LogP contribution in [0.2, 0.25) is 0 Å². The van der Waals surface area contributed by atoms with E-state index in [1.165, 1.54) is 0 Å². The van der Waals surface area contributed by atoms with Gasteiger partial charge in [0.05, 0.1) is 12.2 Å². The third-order valence-electron chi connectivity index (χ3n) is 3.16. The Morgan fingerprint density at radius 2 is 1.54 bits per heavy atom. The first-order valence-electron chi connectivity index (χ1n) is 8.45. The van der Waals surface area contributed by atoms with Gasteiger partial charge in [-0.05, 0) is 32.1 Å². The van der Waals surface area contributed by atoms with Crippen molar-refractivity contribution in [3.8, 4) is 0 Å². The molecule has 4 nitrogen and oxygen atoms in total. The van der Waals surface area contributed by atoms with Crippen molar-refractivity contribution in [1.29, 1.82) is 0 Å². The number of hydrogen-bond acceptors (Lipinski definition) is 3. The van der Waals surface area contributed by atoms with E-state index in [2.05, 4.69) is 0 Å². The highest BCUT2D eigenvalue weighted by Gasteiger charge is 1.94. The summed E-state index contributed by atoms with van der Waals surface area (Å²) in [6.07, 6.45) is 21.3. The molecule has 24 heavy (non-hydrogen) atoms. The Morgan fingerprint density at radius 3 is 2.17 bits per heavy atom. The molecule has 0 aromatic heterocycles. The lowest BCUT2D eigenvalue weighted by atomic mass is 10.2. The summed E-state index contributed by atoms with van der Waals surface area (Å²) in [7, 11) is 0. The van der Waals surface area contributed by atoms with Crippen LogP contribution in [0.25, 0.3) is 0 Å². The Kier molecular flexibility index (Phi) is 14.7. The first-order chi connectivity index (χ1) is 11.6. The lowest BCUT2D eigenvalue weighted by Gasteiger charge is -1.98. The molecule has 4 heteroatoms. The average Bonchev–Trinajstić information content (AvgIpc) is 2.55. The molecule has 0 fully saturated rings. The Hall–Kier alpha value is -1.91. The molecule has 0 saturated carbocycles. The first-order valence-corrected chi connectivity index (χ1v) is 8.45. The van der Waals surface area contributed by atoms with Gasteiger partial charge in [-0.3, -0.25) is 4.79 Å². The number of aliphatic carboxylic acids is 1. The Morgan fingerprint density at radius 1 is 0.917 bits per heavy atom. The molecule has 0 spiro atoms. The minimum atomic E-state index is -0.755. The molecule has 3 N–H and O–H groups in total. The molecule has 2 atom stereocenters. The molecule has 0 aliphatic rings. The van der Waals surface area contributed by atoms with E-state index in [4.69, 9.17) is 5.11 Å². The molecule has 134 valence electrons. The number of rotatable bonds is 13. The van der Waals surface area contributed by atoms with Crippen molar-refractivity contribution in [3.63, 3.8) is 0 Å². The van der Waals surface area contributed by atoms with E-state index >= 15 is 0 Å². The molecule has 0 aliphatic heterocycles. The van der Waals surface area contributed by atoms with Crippen molar-refractivity contribution >= 4 is 5.97 Å². The lowest BCUT2D eigenvalue weighted by molar-refractivity contribution is -0.137. The quantitative estimate of drug-likeness (QED) is 0.271. The number of allylic oxidation sites excluding steroid dienone is 7. The van der Waals surface area contributed by atoms with Crippen molar-refractivity contribution in [3.05, 3.63) is 60.8 Å². The van der Waals surface area contributed by atoms with Crippen LogP contribution in [-0.4, -0.2) is 33.5 Å². The fraction of sp³-hybridized carbons (Fsp3) is 0.450. The number of carboxylic acids is 1. The van der Waals surface area contributed by atoms with E-state index in [1.54, 1.807) is 24.3 Å². The summed E-state index contributed by atoms with van der Waals surface area (Å²) < 4.78 is 0. The highest BCUT2D eigenvalue weighted by molar-refractivity contribution is 5.66. The van der Waals surface area contributed by atoms with E-state index in [9.17, 15) is 15.0 Å². The summed E-state index contributed by atoms with van der Waals surface area (Å²) in [4.78, 5) is 10.3. The van der Waals surface area contributed by atoms with Gasteiger partial charge in [0.15, 0.2) is 0 Å². The molecule has 0 amide bonds. The van der Waals surface area contributed by atoms with Crippen molar-refractivity contribution < 1.29 is 20.1 Å². The number of aliphatic hydroxyl groups is 2. The average molecular weight is 334 g/mol. The highest BCUT2D eigenvalue weighted by Crippen LogP contribution is 2.00. The van der Waals surface area contributed by atoms with Gasteiger partial charge in [0, 0.05) is 6.42 Å². The monoisotopic (exact) mass is 334 g/mol. The summed E-state index contributed by atoms with van der Waals surface area (Å²) >= 11 is 0. The van der Waals surface area contributed by atoms with E-state index < -0.39 is 18.2 Å². The minimum Gasteiger partial charge on any atom is -0.481 e. The van der Waals surface area contributed by atoms with Crippen LogP contribution in [0.15, 0.2) is 60.8 Å². The molecule has 0 rings (SSSR count). The zero-order valence-corrected chi connectivity index (χ0v) is 14.4. The first kappa shape index (κ1) is 22.1. The second-order valence-corrected chi connectivity index (χ2v) is 5.40. The molecule has 0 aliphatic carbocycles. The Balaban J connectivity index is 3.77. The van der Waals surface area contributed by atoms with Gasteiger partial charge < -0.3 is 15.3 Å². The van der Waals surface area contributed by atoms with Gasteiger partial charge in [-0.25, -0.2) is 0 Å². The molecule has 0 radical (unpaired) electrons. The zero-order chi connectivity index (χ0) is 18.0. The lowest BCUT2D eigenvalue weighted by Crippen LogP contribution is -1.98. The van der Waals surface area contributed by atoms with E-state index in [0.29, 0.717) is 19.3 Å². The van der Waals surface area contributed by atoms with Crippen LogP contribution in [-0.2, 0) is 4.79 Å². The SMILES string of the molecule is CCC(O)/C=C/C=C\C=C\C(O)C/C=C\C/C=C\CCCC(=O)O. The van der Waals surface area contributed by atoms with Crippen LogP contribution in [0.3, 0.4) is 0 Å². The summed E-state index contributed by atoms with van der Waals surface area (Å²) in [5, 5.41) is 27.6. The fourth-order valence-electron chi connectivity index (χ4n) is 1.72. The normalized spacial score (nSPS) is 15.5. The summed E-state index contributed by atoms with van der Waals surface area (Å²) in [5.74, 6) is -0.755. The van der Waals surface area contributed by atoms with Gasteiger partial charge in [0.2, 0.25) is 0 Å². The van der Waals surface area contributed by atoms with E-state index in [1.807, 2.05) is 43.4 Å². The maximum Gasteiger partial charge on any atom is 0.303 e. The van der Waals surface area contributed by atoms with Crippen LogP contribution < -0.4 is 0 Å². The van der Waals surface area contributed by atoms with Crippen LogP contribution in [0.5, 0.6) is 0 Å². The van der Waals surface area contributed by atoms with Gasteiger partial charge in [0.25, 0.3) is 0 Å². The number of aliphatic hydroxyl groups excluding tert-OH is 2. The van der Waals surface area contributed by atoms with E-state index in [-0.39, 0.29) is 6.42 Å². The van der Waals surface area contributed by atoms with Gasteiger partial charge in [-0.1, -0.05) is 67.7 Å². The number of carboxylic acid groups (broad SMARTS) is 1. The summed E-state index contributed by atoms with van der Waals surface area (Å²) in [6, 6.07) is 0. The van der Waals surface area contributed by atoms with Crippen molar-refractivity contribution in [2.45, 2.75) is 57.7 Å². The summed E-state index contributed by atoms with van der Waals surface area (Å²) in [5.41, 5.74) is 0. The van der Waals surface area contributed by atoms with Crippen LogP contribution >= 0.6 is 0 Å². The second-order valence-electron chi connectivity index (χ2n) is 5.40. The van der Waals surface area contributed by atoms with Crippen molar-refractivity contribution in [2.24, 2.45) is 0 Å². The second kappa shape index (κ2) is 16.0. The van der Waals surface area contributed by atoms with Crippen molar-refractivity contribution in [1.82, 2.24) is 0 Å². The minimum absolute atomic E-state index is 0.210. The third-order valence-corrected chi connectivity index (χ3v) is 3.16. The highest BCUT2D eigenvalue weighted by atomic mass is 16.4. The zero-order valence-electron chi connectivity index (χ0n) is 14.4. The number of hydrogen-bond donors (Lipinski definition) is 3. The predicted molar refractivity (Wildman–Crippen MR) is 98.7 cm³/mol. The van der Waals surface area contributed by atoms with Gasteiger partial charge in [-0.2, -0.15) is 0 Å². The molecule has 0 aromatic carbocycles. The van der Waals surface area contributed by atoms with Gasteiger partial charge >= 0.3 is 5.97 Å². The van der Waals surface area contributed by atoms with Crippen molar-refractivity contribution in [2.75, 3.05) is 0 Å². The third kappa shape index (κ3) is 16.5. The molecule has 2 unspecified atom stereocenters. The largest absolute Gasteiger partial charge is 0.481 e. The number of carbonyl (C=O) groups is 1. The standard InChI is InChI=1S/C20H30O4/c1-2-18(21)14-10-8-9-12-16-19(22)15-11-6-4-3-5-7-13-17-20(23)24/h3,5-6,8-12,14,16,18-19,21-22H,2,4,7,13,15,17H2,1H3,(H,23,24)/b5-3-,9-8-,11-6-,14-10+,16-12+. The molecular weight excluding hydrogens is 304 g/mol. The Labute approximate surface area is 145 Å². The molecule has 0 saturated heterocycles. The van der Waals surface area contributed by atoms with Gasteiger partial charge in [-0.15, -0.1) is 0 Å².